The van der Waals surface area contributed by atoms with Crippen LogP contribution >= 0.6 is 0 Å². The first-order chi connectivity index (χ1) is 15.6. The van der Waals surface area contributed by atoms with Crippen molar-refractivity contribution in [2.45, 2.75) is 18.9 Å². The Labute approximate surface area is 189 Å². The van der Waals surface area contributed by atoms with Crippen LogP contribution in [0.3, 0.4) is 0 Å². The minimum absolute atomic E-state index is 0.00795. The first-order valence-electron chi connectivity index (χ1n) is 10.1. The number of rotatable bonds is 8. The number of carboxylic acids is 1. The van der Waals surface area contributed by atoms with Crippen LogP contribution in [0.4, 0.5) is 11.4 Å². The van der Waals surface area contributed by atoms with Crippen LogP contribution in [0.5, 0.6) is 0 Å². The van der Waals surface area contributed by atoms with E-state index in [1.54, 1.807) is 24.3 Å². The Bertz CT molecular complexity index is 1120. The predicted molar refractivity (Wildman–Crippen MR) is 120 cm³/mol. The second kappa shape index (κ2) is 9.51. The molecule has 1 aliphatic rings. The Balaban J connectivity index is 2.09. The first kappa shape index (κ1) is 23.5. The van der Waals surface area contributed by atoms with Crippen LogP contribution in [0, 0.1) is 10.1 Å². The number of aliphatic hydroxyl groups excluding tert-OH is 1. The topological polar surface area (TPSA) is 141 Å². The lowest BCUT2D eigenvalue weighted by atomic mass is 9.95. The van der Waals surface area contributed by atoms with Crippen LogP contribution in [0.25, 0.3) is 5.76 Å². The normalized spacial score (nSPS) is 17.3. The second-order valence-electron chi connectivity index (χ2n) is 7.78. The summed E-state index contributed by atoms with van der Waals surface area (Å²) < 4.78 is 0. The van der Waals surface area contributed by atoms with Gasteiger partial charge < -0.3 is 20.0 Å². The lowest BCUT2D eigenvalue weighted by Crippen LogP contribution is -2.31. The lowest BCUT2D eigenvalue weighted by molar-refractivity contribution is -0.384. The number of nitro benzene ring substituents is 1. The molecule has 1 heterocycles. The minimum Gasteiger partial charge on any atom is -0.507 e. The predicted octanol–water partition coefficient (Wildman–Crippen LogP) is 2.95. The van der Waals surface area contributed by atoms with Crippen molar-refractivity contribution in [3.05, 3.63) is 75.3 Å². The van der Waals surface area contributed by atoms with E-state index >= 15 is 0 Å². The molecule has 2 N–H and O–H groups in total. The lowest BCUT2D eigenvalue weighted by Gasteiger charge is -2.25. The summed E-state index contributed by atoms with van der Waals surface area (Å²) in [5, 5.41) is 30.8. The van der Waals surface area contributed by atoms with Gasteiger partial charge in [0, 0.05) is 50.4 Å². The number of aliphatic hydroxyl groups is 1. The van der Waals surface area contributed by atoms with E-state index in [0.29, 0.717) is 5.56 Å². The monoisotopic (exact) mass is 453 g/mol. The van der Waals surface area contributed by atoms with E-state index < -0.39 is 34.4 Å². The summed E-state index contributed by atoms with van der Waals surface area (Å²) in [5.41, 5.74) is 1.27. The molecule has 10 heteroatoms. The number of non-ortho nitro benzene ring substituents is 1. The van der Waals surface area contributed by atoms with Crippen molar-refractivity contribution in [3.63, 3.8) is 0 Å². The molecule has 1 fully saturated rings. The number of carbonyl (C=O) groups excluding carboxylic acids is 2. The van der Waals surface area contributed by atoms with E-state index in [2.05, 4.69) is 0 Å². The third-order valence-corrected chi connectivity index (χ3v) is 5.41. The highest BCUT2D eigenvalue weighted by Crippen LogP contribution is 2.40. The molecule has 3 rings (SSSR count). The molecular weight excluding hydrogens is 430 g/mol. The number of amides is 1. The van der Waals surface area contributed by atoms with E-state index in [4.69, 9.17) is 5.11 Å². The molecule has 0 bridgehead atoms. The average molecular weight is 453 g/mol. The third kappa shape index (κ3) is 4.84. The van der Waals surface area contributed by atoms with Crippen LogP contribution in [-0.4, -0.2) is 58.3 Å². The van der Waals surface area contributed by atoms with Gasteiger partial charge >= 0.3 is 5.97 Å². The van der Waals surface area contributed by atoms with Crippen molar-refractivity contribution in [2.24, 2.45) is 0 Å². The number of nitrogens with zero attached hydrogens (tertiary/aromatic N) is 3. The fraction of sp³-hybridized carbons (Fsp3) is 0.261. The van der Waals surface area contributed by atoms with Crippen LogP contribution in [0.1, 0.15) is 30.0 Å². The second-order valence-corrected chi connectivity index (χ2v) is 7.78. The van der Waals surface area contributed by atoms with Crippen molar-refractivity contribution >= 4 is 34.8 Å². The number of benzene rings is 2. The molecule has 0 radical (unpaired) electrons. The Morgan fingerprint density at radius 2 is 1.67 bits per heavy atom. The number of Topliss-reactive ketones (excluding diaryl/α,β-unsaturated/α-hetero) is 1. The third-order valence-electron chi connectivity index (χ3n) is 5.41. The van der Waals surface area contributed by atoms with Gasteiger partial charge in [-0.15, -0.1) is 0 Å². The summed E-state index contributed by atoms with van der Waals surface area (Å²) >= 11 is 0. The highest BCUT2D eigenvalue weighted by molar-refractivity contribution is 6.46. The van der Waals surface area contributed by atoms with Gasteiger partial charge in [0.25, 0.3) is 17.4 Å². The standard InChI is InChI=1S/C23H23N3O7/c1-24(2)16-9-5-14(6-10-16)20-19(21(29)15-7-11-17(12-8-15)26(32)33)22(30)23(31)25(20)13-3-4-18(27)28/h5-12,20,29H,3-4,13H2,1-2H3,(H,27,28)/b21-19-. The molecule has 0 aromatic heterocycles. The van der Waals surface area contributed by atoms with E-state index in [0.717, 1.165) is 5.69 Å². The Morgan fingerprint density at radius 3 is 2.18 bits per heavy atom. The molecule has 33 heavy (non-hydrogen) atoms. The highest BCUT2D eigenvalue weighted by Gasteiger charge is 2.45. The highest BCUT2D eigenvalue weighted by atomic mass is 16.6. The molecule has 10 nitrogen and oxygen atoms in total. The quantitative estimate of drug-likeness (QED) is 0.204. The molecule has 0 saturated carbocycles. The average Bonchev–Trinajstić information content (AvgIpc) is 3.03. The van der Waals surface area contributed by atoms with Gasteiger partial charge in [-0.25, -0.2) is 0 Å². The van der Waals surface area contributed by atoms with E-state index in [9.17, 15) is 29.6 Å². The molecule has 2 aromatic rings. The van der Waals surface area contributed by atoms with Gasteiger partial charge in [0.2, 0.25) is 0 Å². The molecule has 1 atom stereocenters. The fourth-order valence-electron chi connectivity index (χ4n) is 3.71. The molecule has 172 valence electrons. The molecule has 0 aliphatic carbocycles. The van der Waals surface area contributed by atoms with Crippen molar-refractivity contribution < 1.29 is 29.5 Å². The summed E-state index contributed by atoms with van der Waals surface area (Å²) in [4.78, 5) is 50.1. The number of likely N-dealkylation sites (tertiary alicyclic amines) is 1. The molecular formula is C23H23N3O7. The van der Waals surface area contributed by atoms with Crippen LogP contribution in [-0.2, 0) is 14.4 Å². The van der Waals surface area contributed by atoms with Gasteiger partial charge in [-0.2, -0.15) is 0 Å². The number of carboxylic acid groups (broad SMARTS) is 1. The molecule has 1 aliphatic heterocycles. The maximum absolute atomic E-state index is 12.9. The number of hydrogen-bond acceptors (Lipinski definition) is 7. The molecule has 1 unspecified atom stereocenters. The number of aliphatic carboxylic acids is 1. The van der Waals surface area contributed by atoms with Crippen molar-refractivity contribution in [1.29, 1.82) is 0 Å². The van der Waals surface area contributed by atoms with Crippen LogP contribution < -0.4 is 4.90 Å². The number of anilines is 1. The molecule has 2 aromatic carbocycles. The van der Waals surface area contributed by atoms with Gasteiger partial charge in [-0.3, -0.25) is 24.5 Å². The molecule has 0 spiro atoms. The summed E-state index contributed by atoms with van der Waals surface area (Å²) in [5.74, 6) is -3.22. The van der Waals surface area contributed by atoms with Gasteiger partial charge in [-0.1, -0.05) is 12.1 Å². The summed E-state index contributed by atoms with van der Waals surface area (Å²) in [6, 6.07) is 11.1. The van der Waals surface area contributed by atoms with Gasteiger partial charge in [-0.05, 0) is 36.2 Å². The van der Waals surface area contributed by atoms with E-state index in [-0.39, 0.29) is 36.2 Å². The zero-order chi connectivity index (χ0) is 24.3. The summed E-state index contributed by atoms with van der Waals surface area (Å²) in [6.45, 7) is 0.00795. The number of nitro groups is 1. The van der Waals surface area contributed by atoms with E-state index in [1.165, 1.54) is 29.2 Å². The molecule has 1 amide bonds. The Kier molecular flexibility index (Phi) is 6.76. The van der Waals surface area contributed by atoms with Crippen LogP contribution in [0.15, 0.2) is 54.1 Å². The number of carbonyl (C=O) groups is 3. The number of hydrogen-bond donors (Lipinski definition) is 2. The Hall–Kier alpha value is -4.21. The molecule has 1 saturated heterocycles. The van der Waals surface area contributed by atoms with E-state index in [1.807, 2.05) is 19.0 Å². The zero-order valence-corrected chi connectivity index (χ0v) is 18.1. The maximum atomic E-state index is 12.9. The van der Waals surface area contributed by atoms with Gasteiger partial charge in [0.15, 0.2) is 0 Å². The van der Waals surface area contributed by atoms with Gasteiger partial charge in [0.1, 0.15) is 5.76 Å². The van der Waals surface area contributed by atoms with Crippen LogP contribution in [0.2, 0.25) is 0 Å². The SMILES string of the molecule is CN(C)c1ccc(C2/C(=C(/O)c3ccc([N+](=O)[O-])cc3)C(=O)C(=O)N2CCCC(=O)O)cc1. The number of ketones is 1. The van der Waals surface area contributed by atoms with Crippen molar-refractivity contribution in [2.75, 3.05) is 25.5 Å². The summed E-state index contributed by atoms with van der Waals surface area (Å²) in [6.07, 6.45) is -0.0517. The van der Waals surface area contributed by atoms with Crippen molar-refractivity contribution in [3.8, 4) is 0 Å². The Morgan fingerprint density at radius 1 is 1.06 bits per heavy atom. The maximum Gasteiger partial charge on any atom is 0.303 e. The zero-order valence-electron chi connectivity index (χ0n) is 18.1. The smallest absolute Gasteiger partial charge is 0.303 e. The van der Waals surface area contributed by atoms with Crippen molar-refractivity contribution in [1.82, 2.24) is 4.90 Å². The minimum atomic E-state index is -1.02. The first-order valence-corrected chi connectivity index (χ1v) is 10.1. The summed E-state index contributed by atoms with van der Waals surface area (Å²) in [7, 11) is 3.73. The largest absolute Gasteiger partial charge is 0.507 e. The van der Waals surface area contributed by atoms with Gasteiger partial charge in [0.05, 0.1) is 16.5 Å². The fourth-order valence-corrected chi connectivity index (χ4v) is 3.71.